The van der Waals surface area contributed by atoms with E-state index < -0.39 is 0 Å². The van der Waals surface area contributed by atoms with Crippen LogP contribution in [0.2, 0.25) is 0 Å². The van der Waals surface area contributed by atoms with E-state index in [1.54, 1.807) is 0 Å². The molecule has 0 spiro atoms. The molecular weight excluding hydrogens is 213 g/mol. The molecule has 0 amide bonds. The lowest BCUT2D eigenvalue weighted by Gasteiger charge is -2.29. The van der Waals surface area contributed by atoms with Crippen LogP contribution < -0.4 is 4.90 Å². The Morgan fingerprint density at radius 2 is 1.93 bits per heavy atom. The molecule has 1 aromatic rings. The Bertz CT molecular complexity index is 334. The Balaban J connectivity index is 2.19. The lowest BCUT2D eigenvalue weighted by molar-refractivity contribution is 0.556. The lowest BCUT2D eigenvalue weighted by Crippen LogP contribution is -2.30. The summed E-state index contributed by atoms with van der Waals surface area (Å²) in [6.45, 7) is 1.94. The molecule has 0 atom stereocenters. The highest BCUT2D eigenvalue weighted by Crippen LogP contribution is 2.24. The first-order chi connectivity index (χ1) is 7.31. The van der Waals surface area contributed by atoms with Crippen molar-refractivity contribution in [3.63, 3.8) is 0 Å². The number of nitrogens with zero attached hydrogens (tertiary/aromatic N) is 1. The standard InChI is InChI=1S/C12H15ClFN/c13-9-10-4-5-12(11(14)8-10)15-6-2-1-3-7-15/h4-5,8H,1-3,6-7,9H2. The molecule has 1 fully saturated rings. The van der Waals surface area contributed by atoms with Gasteiger partial charge in [0, 0.05) is 19.0 Å². The number of hydrogen-bond donors (Lipinski definition) is 0. The van der Waals surface area contributed by atoms with Crippen LogP contribution in [0, 0.1) is 5.82 Å². The summed E-state index contributed by atoms with van der Waals surface area (Å²) in [5.41, 5.74) is 1.57. The maximum Gasteiger partial charge on any atom is 0.146 e. The van der Waals surface area contributed by atoms with Gasteiger partial charge in [0.25, 0.3) is 0 Å². The monoisotopic (exact) mass is 227 g/mol. The summed E-state index contributed by atoms with van der Waals surface area (Å²) < 4.78 is 13.7. The summed E-state index contributed by atoms with van der Waals surface area (Å²) in [5, 5.41) is 0. The van der Waals surface area contributed by atoms with Crippen molar-refractivity contribution in [1.29, 1.82) is 0 Å². The molecule has 0 saturated carbocycles. The molecular formula is C12H15ClFN. The molecule has 1 nitrogen and oxygen atoms in total. The third-order valence-electron chi connectivity index (χ3n) is 2.86. The molecule has 2 rings (SSSR count). The van der Waals surface area contributed by atoms with Gasteiger partial charge in [0.15, 0.2) is 0 Å². The molecule has 1 aromatic carbocycles. The molecule has 82 valence electrons. The lowest BCUT2D eigenvalue weighted by atomic mass is 10.1. The van der Waals surface area contributed by atoms with Gasteiger partial charge in [0.05, 0.1) is 5.69 Å². The summed E-state index contributed by atoms with van der Waals surface area (Å²) in [4.78, 5) is 2.12. The third-order valence-corrected chi connectivity index (χ3v) is 3.17. The maximum atomic E-state index is 13.7. The van der Waals surface area contributed by atoms with Crippen LogP contribution in [0.25, 0.3) is 0 Å². The first-order valence-corrected chi connectivity index (χ1v) is 5.94. The minimum Gasteiger partial charge on any atom is -0.369 e. The molecule has 1 heterocycles. The van der Waals surface area contributed by atoms with Gasteiger partial charge in [0.2, 0.25) is 0 Å². The van der Waals surface area contributed by atoms with Crippen molar-refractivity contribution in [3.8, 4) is 0 Å². The zero-order valence-electron chi connectivity index (χ0n) is 8.68. The van der Waals surface area contributed by atoms with Crippen LogP contribution in [0.3, 0.4) is 0 Å². The van der Waals surface area contributed by atoms with Gasteiger partial charge in [-0.1, -0.05) is 6.07 Å². The van der Waals surface area contributed by atoms with E-state index in [-0.39, 0.29) is 5.82 Å². The summed E-state index contributed by atoms with van der Waals surface area (Å²) in [5.74, 6) is 0.229. The highest BCUT2D eigenvalue weighted by molar-refractivity contribution is 6.17. The van der Waals surface area contributed by atoms with E-state index in [2.05, 4.69) is 4.90 Å². The van der Waals surface area contributed by atoms with Gasteiger partial charge in [-0.3, -0.25) is 0 Å². The van der Waals surface area contributed by atoms with Gasteiger partial charge in [-0.15, -0.1) is 11.6 Å². The summed E-state index contributed by atoms with van der Waals surface area (Å²) in [6.07, 6.45) is 3.59. The van der Waals surface area contributed by atoms with Gasteiger partial charge in [-0.05, 0) is 37.0 Å². The molecule has 1 aliphatic heterocycles. The smallest absolute Gasteiger partial charge is 0.146 e. The van der Waals surface area contributed by atoms with E-state index >= 15 is 0 Å². The molecule has 0 radical (unpaired) electrons. The highest BCUT2D eigenvalue weighted by Gasteiger charge is 2.14. The van der Waals surface area contributed by atoms with Crippen molar-refractivity contribution in [1.82, 2.24) is 0 Å². The topological polar surface area (TPSA) is 3.24 Å². The molecule has 15 heavy (non-hydrogen) atoms. The van der Waals surface area contributed by atoms with E-state index in [1.807, 2.05) is 12.1 Å². The van der Waals surface area contributed by atoms with Crippen LogP contribution in [-0.4, -0.2) is 13.1 Å². The van der Waals surface area contributed by atoms with Gasteiger partial charge in [-0.25, -0.2) is 4.39 Å². The van der Waals surface area contributed by atoms with Crippen LogP contribution in [0.15, 0.2) is 18.2 Å². The van der Waals surface area contributed by atoms with Gasteiger partial charge < -0.3 is 4.90 Å². The number of anilines is 1. The molecule has 0 aliphatic carbocycles. The Labute approximate surface area is 94.8 Å². The van der Waals surface area contributed by atoms with Gasteiger partial charge >= 0.3 is 0 Å². The van der Waals surface area contributed by atoms with E-state index in [0.717, 1.165) is 37.2 Å². The minimum absolute atomic E-state index is 0.143. The second kappa shape index (κ2) is 4.84. The normalized spacial score (nSPS) is 16.8. The van der Waals surface area contributed by atoms with Crippen molar-refractivity contribution >= 4 is 17.3 Å². The third kappa shape index (κ3) is 2.43. The molecule has 0 unspecified atom stereocenters. The fourth-order valence-corrected chi connectivity index (χ4v) is 2.19. The molecule has 1 aliphatic rings. The van der Waals surface area contributed by atoms with Crippen LogP contribution in [-0.2, 0) is 5.88 Å². The quantitative estimate of drug-likeness (QED) is 0.699. The fraction of sp³-hybridized carbons (Fsp3) is 0.500. The molecule has 1 saturated heterocycles. The summed E-state index contributed by atoms with van der Waals surface area (Å²) in [7, 11) is 0. The SMILES string of the molecule is Fc1cc(CCl)ccc1N1CCCCC1. The predicted molar refractivity (Wildman–Crippen MR) is 62.0 cm³/mol. The number of piperidine rings is 1. The van der Waals surface area contributed by atoms with Crippen molar-refractivity contribution in [2.45, 2.75) is 25.1 Å². The molecule has 0 aromatic heterocycles. The average Bonchev–Trinajstić information content (AvgIpc) is 2.30. The van der Waals surface area contributed by atoms with E-state index in [1.165, 1.54) is 12.5 Å². The minimum atomic E-state index is -0.143. The number of hydrogen-bond acceptors (Lipinski definition) is 1. The van der Waals surface area contributed by atoms with Gasteiger partial charge in [0.1, 0.15) is 5.82 Å². The zero-order chi connectivity index (χ0) is 10.7. The number of halogens is 2. The number of benzene rings is 1. The van der Waals surface area contributed by atoms with Crippen LogP contribution in [0.4, 0.5) is 10.1 Å². The summed E-state index contributed by atoms with van der Waals surface area (Å²) >= 11 is 5.66. The first kappa shape index (κ1) is 10.7. The fourth-order valence-electron chi connectivity index (χ4n) is 2.02. The largest absolute Gasteiger partial charge is 0.369 e. The predicted octanol–water partition coefficient (Wildman–Crippen LogP) is 3.55. The van der Waals surface area contributed by atoms with E-state index in [4.69, 9.17) is 11.6 Å². The van der Waals surface area contributed by atoms with Crippen molar-refractivity contribution in [3.05, 3.63) is 29.6 Å². The Kier molecular flexibility index (Phi) is 3.47. The summed E-state index contributed by atoms with van der Waals surface area (Å²) in [6, 6.07) is 5.29. The van der Waals surface area contributed by atoms with E-state index in [0.29, 0.717) is 5.88 Å². The Hall–Kier alpha value is -0.760. The van der Waals surface area contributed by atoms with Crippen molar-refractivity contribution in [2.75, 3.05) is 18.0 Å². The number of alkyl halides is 1. The zero-order valence-corrected chi connectivity index (χ0v) is 9.43. The van der Waals surface area contributed by atoms with Crippen LogP contribution >= 0.6 is 11.6 Å². The Morgan fingerprint density at radius 1 is 1.20 bits per heavy atom. The molecule has 0 bridgehead atoms. The van der Waals surface area contributed by atoms with Gasteiger partial charge in [-0.2, -0.15) is 0 Å². The second-order valence-electron chi connectivity index (χ2n) is 3.97. The average molecular weight is 228 g/mol. The molecule has 3 heteroatoms. The highest BCUT2D eigenvalue weighted by atomic mass is 35.5. The van der Waals surface area contributed by atoms with Crippen molar-refractivity contribution < 1.29 is 4.39 Å². The first-order valence-electron chi connectivity index (χ1n) is 5.40. The number of rotatable bonds is 2. The van der Waals surface area contributed by atoms with Crippen LogP contribution in [0.1, 0.15) is 24.8 Å². The van der Waals surface area contributed by atoms with Crippen molar-refractivity contribution in [2.24, 2.45) is 0 Å². The Morgan fingerprint density at radius 3 is 2.53 bits per heavy atom. The van der Waals surface area contributed by atoms with Crippen LogP contribution in [0.5, 0.6) is 0 Å². The molecule has 0 N–H and O–H groups in total. The van der Waals surface area contributed by atoms with E-state index in [9.17, 15) is 4.39 Å². The maximum absolute atomic E-state index is 13.7. The second-order valence-corrected chi connectivity index (χ2v) is 4.23.